The quantitative estimate of drug-likeness (QED) is 0.834. The van der Waals surface area contributed by atoms with Crippen LogP contribution in [0.25, 0.3) is 0 Å². The first kappa shape index (κ1) is 19.5. The van der Waals surface area contributed by atoms with Crippen molar-refractivity contribution in [3.05, 3.63) is 39.2 Å². The van der Waals surface area contributed by atoms with Crippen LogP contribution in [0.15, 0.2) is 22.8 Å². The van der Waals surface area contributed by atoms with Gasteiger partial charge in [0.1, 0.15) is 17.4 Å². The van der Waals surface area contributed by atoms with E-state index >= 15 is 0 Å². The summed E-state index contributed by atoms with van der Waals surface area (Å²) in [5, 5.41) is 14.8. The van der Waals surface area contributed by atoms with Crippen molar-refractivity contribution in [3.63, 3.8) is 0 Å². The Hall–Kier alpha value is -2.26. The molecule has 2 atom stereocenters. The van der Waals surface area contributed by atoms with Crippen LogP contribution in [0.4, 0.5) is 0 Å². The van der Waals surface area contributed by atoms with Gasteiger partial charge in [-0.25, -0.2) is 0 Å². The third-order valence-corrected chi connectivity index (χ3v) is 5.87. The Morgan fingerprint density at radius 2 is 2.15 bits per heavy atom. The van der Waals surface area contributed by atoms with Crippen molar-refractivity contribution in [2.24, 2.45) is 11.1 Å². The number of nitriles is 1. The molecule has 2 aliphatic rings. The van der Waals surface area contributed by atoms with Crippen LogP contribution in [-0.4, -0.2) is 15.6 Å². The number of hydrogen-bond acceptors (Lipinski definition) is 5. The van der Waals surface area contributed by atoms with Gasteiger partial charge in [-0.1, -0.05) is 32.4 Å². The SMILES string of the molecule is CC[C@@H](C)n1nc(C)c(Cl)c1[C@H]1C(C#N)=C(N)OC2=C1C(=O)CC(C)(C)C2. The van der Waals surface area contributed by atoms with E-state index in [9.17, 15) is 10.1 Å². The van der Waals surface area contributed by atoms with Crippen molar-refractivity contribution < 1.29 is 9.53 Å². The lowest BCUT2D eigenvalue weighted by atomic mass is 9.71. The number of hydrogen-bond donors (Lipinski definition) is 1. The first-order valence-electron chi connectivity index (χ1n) is 9.19. The molecule has 3 rings (SSSR count). The first-order chi connectivity index (χ1) is 12.6. The molecule has 0 spiro atoms. The lowest BCUT2D eigenvalue weighted by Gasteiger charge is -2.37. The number of aromatic nitrogens is 2. The number of carbonyl (C=O) groups is 1. The van der Waals surface area contributed by atoms with Gasteiger partial charge in [-0.15, -0.1) is 0 Å². The fourth-order valence-electron chi connectivity index (χ4n) is 3.87. The zero-order chi connectivity index (χ0) is 20.1. The van der Waals surface area contributed by atoms with Crippen molar-refractivity contribution in [2.45, 2.75) is 65.8 Å². The summed E-state index contributed by atoms with van der Waals surface area (Å²) < 4.78 is 7.58. The predicted octanol–water partition coefficient (Wildman–Crippen LogP) is 4.27. The van der Waals surface area contributed by atoms with Gasteiger partial charge in [0.25, 0.3) is 0 Å². The van der Waals surface area contributed by atoms with E-state index in [4.69, 9.17) is 22.1 Å². The Balaban J connectivity index is 2.29. The zero-order valence-electron chi connectivity index (χ0n) is 16.4. The molecule has 2 N–H and O–H groups in total. The molecule has 1 aromatic rings. The van der Waals surface area contributed by atoms with Gasteiger partial charge in [-0.2, -0.15) is 10.4 Å². The molecule has 0 bridgehead atoms. The van der Waals surface area contributed by atoms with Crippen molar-refractivity contribution in [1.29, 1.82) is 5.26 Å². The Morgan fingerprint density at radius 3 is 2.74 bits per heavy atom. The van der Waals surface area contributed by atoms with Crippen LogP contribution >= 0.6 is 11.6 Å². The Bertz CT molecular complexity index is 917. The third kappa shape index (κ3) is 3.14. The highest BCUT2D eigenvalue weighted by molar-refractivity contribution is 6.32. The predicted molar refractivity (Wildman–Crippen MR) is 103 cm³/mol. The van der Waals surface area contributed by atoms with E-state index in [1.54, 1.807) is 0 Å². The summed E-state index contributed by atoms with van der Waals surface area (Å²) in [7, 11) is 0. The summed E-state index contributed by atoms with van der Waals surface area (Å²) >= 11 is 6.62. The molecule has 144 valence electrons. The molecule has 0 radical (unpaired) electrons. The van der Waals surface area contributed by atoms with Crippen LogP contribution in [0.1, 0.15) is 70.3 Å². The van der Waals surface area contributed by atoms with Gasteiger partial charge >= 0.3 is 0 Å². The van der Waals surface area contributed by atoms with E-state index in [0.717, 1.165) is 6.42 Å². The van der Waals surface area contributed by atoms with Crippen LogP contribution in [0, 0.1) is 23.7 Å². The van der Waals surface area contributed by atoms with Crippen LogP contribution < -0.4 is 5.73 Å². The van der Waals surface area contributed by atoms with Crippen LogP contribution in [-0.2, 0) is 9.53 Å². The second-order valence-electron chi connectivity index (χ2n) is 8.19. The summed E-state index contributed by atoms with van der Waals surface area (Å²) in [6, 6.07) is 2.20. The summed E-state index contributed by atoms with van der Waals surface area (Å²) in [6.07, 6.45) is 1.80. The number of nitrogens with zero attached hydrogens (tertiary/aromatic N) is 3. The van der Waals surface area contributed by atoms with E-state index in [1.807, 2.05) is 32.4 Å². The van der Waals surface area contributed by atoms with E-state index in [2.05, 4.69) is 18.1 Å². The molecule has 2 heterocycles. The van der Waals surface area contributed by atoms with Crippen LogP contribution in [0.2, 0.25) is 5.02 Å². The summed E-state index contributed by atoms with van der Waals surface area (Å²) in [4.78, 5) is 13.1. The van der Waals surface area contributed by atoms with Crippen molar-refractivity contribution in [1.82, 2.24) is 9.78 Å². The second-order valence-corrected chi connectivity index (χ2v) is 8.57. The number of rotatable bonds is 3. The molecule has 1 aromatic heterocycles. The number of allylic oxidation sites excluding steroid dienone is 3. The molecular weight excluding hydrogens is 364 g/mol. The normalized spacial score (nSPS) is 23.0. The maximum absolute atomic E-state index is 13.1. The summed E-state index contributed by atoms with van der Waals surface area (Å²) in [5.74, 6) is -0.0945. The van der Waals surface area contributed by atoms with Crippen LogP contribution in [0.5, 0.6) is 0 Å². The lowest BCUT2D eigenvalue weighted by molar-refractivity contribution is -0.119. The van der Waals surface area contributed by atoms with Gasteiger partial charge in [0.15, 0.2) is 5.78 Å². The smallest absolute Gasteiger partial charge is 0.205 e. The molecule has 1 aliphatic carbocycles. The molecule has 6 nitrogen and oxygen atoms in total. The molecule has 1 aliphatic heterocycles. The van der Waals surface area contributed by atoms with Crippen molar-refractivity contribution >= 4 is 17.4 Å². The Kier molecular flexibility index (Phi) is 4.85. The molecule has 0 unspecified atom stereocenters. The average Bonchev–Trinajstić information content (AvgIpc) is 2.86. The van der Waals surface area contributed by atoms with Gasteiger partial charge in [0.2, 0.25) is 5.88 Å². The zero-order valence-corrected chi connectivity index (χ0v) is 17.1. The largest absolute Gasteiger partial charge is 0.444 e. The highest BCUT2D eigenvalue weighted by atomic mass is 35.5. The van der Waals surface area contributed by atoms with Crippen molar-refractivity contribution in [2.75, 3.05) is 0 Å². The number of Topliss-reactive ketones (excluding diaryl/α,β-unsaturated/α-hetero) is 1. The number of carbonyl (C=O) groups excluding carboxylic acids is 1. The Labute approximate surface area is 164 Å². The number of halogens is 1. The van der Waals surface area contributed by atoms with Gasteiger partial charge < -0.3 is 10.5 Å². The maximum Gasteiger partial charge on any atom is 0.205 e. The van der Waals surface area contributed by atoms with E-state index < -0.39 is 5.92 Å². The highest BCUT2D eigenvalue weighted by Crippen LogP contribution is 2.49. The minimum atomic E-state index is -0.648. The fourth-order valence-corrected chi connectivity index (χ4v) is 4.10. The minimum absolute atomic E-state index is 0.0304. The minimum Gasteiger partial charge on any atom is -0.444 e. The first-order valence-corrected chi connectivity index (χ1v) is 9.57. The molecule has 0 saturated heterocycles. The molecule has 7 heteroatoms. The number of ketones is 1. The topological polar surface area (TPSA) is 93.9 Å². The van der Waals surface area contributed by atoms with Gasteiger partial charge in [-0.3, -0.25) is 9.48 Å². The van der Waals surface area contributed by atoms with E-state index in [0.29, 0.717) is 40.6 Å². The fraction of sp³-hybridized carbons (Fsp3) is 0.550. The summed E-state index contributed by atoms with van der Waals surface area (Å²) in [5.41, 5.74) is 7.89. The van der Waals surface area contributed by atoms with Crippen molar-refractivity contribution in [3.8, 4) is 6.07 Å². The molecule has 0 saturated carbocycles. The van der Waals surface area contributed by atoms with E-state index in [1.165, 1.54) is 0 Å². The number of ether oxygens (including phenoxy) is 1. The summed E-state index contributed by atoms with van der Waals surface area (Å²) in [6.45, 7) is 9.95. The molecule has 0 fully saturated rings. The number of nitrogens with two attached hydrogens (primary N) is 1. The third-order valence-electron chi connectivity index (χ3n) is 5.40. The lowest BCUT2D eigenvalue weighted by Crippen LogP contribution is -2.34. The maximum atomic E-state index is 13.1. The van der Waals surface area contributed by atoms with Gasteiger partial charge in [-0.05, 0) is 25.7 Å². The van der Waals surface area contributed by atoms with Gasteiger partial charge in [0.05, 0.1) is 22.3 Å². The highest BCUT2D eigenvalue weighted by Gasteiger charge is 2.45. The molecule has 27 heavy (non-hydrogen) atoms. The number of aryl methyl sites for hydroxylation is 1. The monoisotopic (exact) mass is 388 g/mol. The standard InChI is InChI=1S/C20H25ClN4O2/c1-6-10(2)25-18(17(21)11(3)24-25)15-12(9-22)19(23)27-14-8-20(4,5)7-13(26)16(14)15/h10,15H,6-8,23H2,1-5H3/t10-,15+/m1/s1. The Morgan fingerprint density at radius 1 is 1.48 bits per heavy atom. The van der Waals surface area contributed by atoms with E-state index in [-0.39, 0.29) is 28.7 Å². The second kappa shape index (κ2) is 6.72. The average molecular weight is 389 g/mol. The van der Waals surface area contributed by atoms with Crippen LogP contribution in [0.3, 0.4) is 0 Å². The van der Waals surface area contributed by atoms with Gasteiger partial charge in [0, 0.05) is 24.5 Å². The molecule has 0 aromatic carbocycles. The molecular formula is C20H25ClN4O2. The molecule has 0 amide bonds.